The van der Waals surface area contributed by atoms with Crippen LogP contribution in [0.15, 0.2) is 24.3 Å². The first-order valence-electron chi connectivity index (χ1n) is 4.38. The molecule has 0 heterocycles. The maximum Gasteiger partial charge on any atom is 0.306 e. The first kappa shape index (κ1) is 11.0. The summed E-state index contributed by atoms with van der Waals surface area (Å²) in [6, 6.07) is 7.06. The van der Waals surface area contributed by atoms with Gasteiger partial charge < -0.3 is 4.18 Å². The van der Waals surface area contributed by atoms with Crippen molar-refractivity contribution in [3.63, 3.8) is 0 Å². The quantitative estimate of drug-likeness (QED) is 0.724. The molecular weight excluding hydrogens is 200 g/mol. The zero-order valence-electron chi connectivity index (χ0n) is 8.52. The van der Waals surface area contributed by atoms with Gasteiger partial charge in [-0.05, 0) is 23.6 Å². The molecule has 78 valence electrons. The van der Waals surface area contributed by atoms with Crippen molar-refractivity contribution in [3.05, 3.63) is 29.8 Å². The van der Waals surface area contributed by atoms with Crippen molar-refractivity contribution in [2.75, 3.05) is 6.26 Å². The smallest absolute Gasteiger partial charge is 0.306 e. The first-order chi connectivity index (χ1) is 6.38. The van der Waals surface area contributed by atoms with Crippen LogP contribution in [0.5, 0.6) is 5.75 Å². The fraction of sp³-hybridized carbons (Fsp3) is 0.400. The lowest BCUT2D eigenvalue weighted by Crippen LogP contribution is -2.05. The summed E-state index contributed by atoms with van der Waals surface area (Å²) >= 11 is 0. The molecule has 14 heavy (non-hydrogen) atoms. The van der Waals surface area contributed by atoms with E-state index in [9.17, 15) is 8.42 Å². The monoisotopic (exact) mass is 214 g/mol. The van der Waals surface area contributed by atoms with Crippen LogP contribution in [-0.2, 0) is 10.1 Å². The van der Waals surface area contributed by atoms with Gasteiger partial charge in [0.2, 0.25) is 0 Å². The van der Waals surface area contributed by atoms with E-state index >= 15 is 0 Å². The molecule has 0 fully saturated rings. The fourth-order valence-electron chi connectivity index (χ4n) is 1.08. The van der Waals surface area contributed by atoms with Crippen molar-refractivity contribution in [1.29, 1.82) is 0 Å². The highest BCUT2D eigenvalue weighted by Gasteiger charge is 2.04. The zero-order valence-corrected chi connectivity index (χ0v) is 9.34. The second-order valence-electron chi connectivity index (χ2n) is 3.51. The number of hydrogen-bond donors (Lipinski definition) is 0. The molecule has 0 aliphatic heterocycles. The third-order valence-electron chi connectivity index (χ3n) is 1.79. The lowest BCUT2D eigenvalue weighted by atomic mass is 10.0. The van der Waals surface area contributed by atoms with E-state index in [2.05, 4.69) is 13.8 Å². The second-order valence-corrected chi connectivity index (χ2v) is 5.09. The molecule has 3 nitrogen and oxygen atoms in total. The SMILES string of the molecule is CC(C)c1ccc(OS(C)(=O)=O)cc1. The van der Waals surface area contributed by atoms with E-state index in [0.29, 0.717) is 11.7 Å². The van der Waals surface area contributed by atoms with E-state index in [1.807, 2.05) is 12.1 Å². The fourth-order valence-corrected chi connectivity index (χ4v) is 1.54. The van der Waals surface area contributed by atoms with Gasteiger partial charge in [0.05, 0.1) is 6.26 Å². The van der Waals surface area contributed by atoms with Gasteiger partial charge >= 0.3 is 10.1 Å². The predicted molar refractivity (Wildman–Crippen MR) is 56.0 cm³/mol. The third kappa shape index (κ3) is 3.38. The summed E-state index contributed by atoms with van der Waals surface area (Å²) < 4.78 is 26.3. The largest absolute Gasteiger partial charge is 0.383 e. The highest BCUT2D eigenvalue weighted by atomic mass is 32.2. The van der Waals surface area contributed by atoms with Gasteiger partial charge in [0.25, 0.3) is 0 Å². The van der Waals surface area contributed by atoms with Crippen molar-refractivity contribution in [1.82, 2.24) is 0 Å². The van der Waals surface area contributed by atoms with E-state index in [4.69, 9.17) is 4.18 Å². The van der Waals surface area contributed by atoms with Crippen molar-refractivity contribution >= 4 is 10.1 Å². The minimum atomic E-state index is -3.41. The molecule has 0 radical (unpaired) electrons. The van der Waals surface area contributed by atoms with Crippen LogP contribution in [-0.4, -0.2) is 14.7 Å². The summed E-state index contributed by atoms with van der Waals surface area (Å²) in [6.45, 7) is 4.15. The molecule has 0 aliphatic carbocycles. The van der Waals surface area contributed by atoms with Crippen molar-refractivity contribution < 1.29 is 12.6 Å². The maximum atomic E-state index is 10.8. The van der Waals surface area contributed by atoms with Crippen LogP contribution in [0.4, 0.5) is 0 Å². The van der Waals surface area contributed by atoms with Gasteiger partial charge in [-0.3, -0.25) is 0 Å². The summed E-state index contributed by atoms with van der Waals surface area (Å²) in [5.41, 5.74) is 1.16. The van der Waals surface area contributed by atoms with E-state index in [1.165, 1.54) is 0 Å². The minimum absolute atomic E-state index is 0.358. The second kappa shape index (κ2) is 4.00. The maximum absolute atomic E-state index is 10.8. The molecular formula is C10H14O3S. The lowest BCUT2D eigenvalue weighted by Gasteiger charge is -2.06. The Morgan fingerprint density at radius 2 is 1.64 bits per heavy atom. The summed E-state index contributed by atoms with van der Waals surface area (Å²) in [4.78, 5) is 0. The molecule has 0 saturated carbocycles. The Bertz CT molecular complexity index is 390. The van der Waals surface area contributed by atoms with Gasteiger partial charge in [-0.2, -0.15) is 8.42 Å². The molecule has 0 bridgehead atoms. The average Bonchev–Trinajstić information content (AvgIpc) is 2.02. The molecule has 4 heteroatoms. The summed E-state index contributed by atoms with van der Waals surface area (Å²) in [6.07, 6.45) is 1.03. The average molecular weight is 214 g/mol. The van der Waals surface area contributed by atoms with Crippen LogP contribution in [0, 0.1) is 0 Å². The van der Waals surface area contributed by atoms with Gasteiger partial charge in [-0.25, -0.2) is 0 Å². The zero-order chi connectivity index (χ0) is 10.8. The molecule has 0 N–H and O–H groups in total. The Labute approximate surface area is 84.8 Å². The van der Waals surface area contributed by atoms with E-state index in [1.54, 1.807) is 12.1 Å². The van der Waals surface area contributed by atoms with Crippen LogP contribution < -0.4 is 4.18 Å². The molecule has 1 aromatic rings. The van der Waals surface area contributed by atoms with E-state index in [0.717, 1.165) is 11.8 Å². The molecule has 0 unspecified atom stereocenters. The Kier molecular flexibility index (Phi) is 3.16. The molecule has 0 atom stereocenters. The van der Waals surface area contributed by atoms with Crippen LogP contribution in [0.25, 0.3) is 0 Å². The van der Waals surface area contributed by atoms with Crippen LogP contribution >= 0.6 is 0 Å². The molecule has 0 saturated heterocycles. The Morgan fingerprint density at radius 1 is 1.14 bits per heavy atom. The van der Waals surface area contributed by atoms with Gasteiger partial charge in [0.15, 0.2) is 0 Å². The Hall–Kier alpha value is -1.03. The number of rotatable bonds is 3. The summed E-state index contributed by atoms with van der Waals surface area (Å²) in [5.74, 6) is 0.791. The Morgan fingerprint density at radius 3 is 2.00 bits per heavy atom. The van der Waals surface area contributed by atoms with Crippen molar-refractivity contribution in [2.24, 2.45) is 0 Å². The molecule has 0 spiro atoms. The van der Waals surface area contributed by atoms with Gasteiger partial charge in [0, 0.05) is 0 Å². The molecule has 1 aromatic carbocycles. The van der Waals surface area contributed by atoms with Crippen LogP contribution in [0.2, 0.25) is 0 Å². The summed E-state index contributed by atoms with van der Waals surface area (Å²) in [5, 5.41) is 0. The summed E-state index contributed by atoms with van der Waals surface area (Å²) in [7, 11) is -3.41. The van der Waals surface area contributed by atoms with Gasteiger partial charge in [0.1, 0.15) is 5.75 Å². The molecule has 0 aromatic heterocycles. The lowest BCUT2D eigenvalue weighted by molar-refractivity contribution is 0.493. The third-order valence-corrected chi connectivity index (χ3v) is 2.29. The highest BCUT2D eigenvalue weighted by molar-refractivity contribution is 7.86. The van der Waals surface area contributed by atoms with Crippen molar-refractivity contribution in [2.45, 2.75) is 19.8 Å². The Balaban J connectivity index is 2.84. The van der Waals surface area contributed by atoms with Crippen LogP contribution in [0.3, 0.4) is 0 Å². The predicted octanol–water partition coefficient (Wildman–Crippen LogP) is 2.15. The van der Waals surface area contributed by atoms with E-state index < -0.39 is 10.1 Å². The van der Waals surface area contributed by atoms with Gasteiger partial charge in [-0.1, -0.05) is 26.0 Å². The molecule has 0 amide bonds. The highest BCUT2D eigenvalue weighted by Crippen LogP contribution is 2.19. The minimum Gasteiger partial charge on any atom is -0.383 e. The molecule has 1 rings (SSSR count). The normalized spacial score (nSPS) is 11.7. The number of benzene rings is 1. The van der Waals surface area contributed by atoms with Crippen LogP contribution in [0.1, 0.15) is 25.3 Å². The number of hydrogen-bond acceptors (Lipinski definition) is 3. The van der Waals surface area contributed by atoms with Gasteiger partial charge in [-0.15, -0.1) is 0 Å². The molecule has 0 aliphatic rings. The standard InChI is InChI=1S/C10H14O3S/c1-8(2)9-4-6-10(7-5-9)13-14(3,11)12/h4-8H,1-3H3. The van der Waals surface area contributed by atoms with E-state index in [-0.39, 0.29) is 0 Å². The first-order valence-corrected chi connectivity index (χ1v) is 6.19. The topological polar surface area (TPSA) is 43.4 Å². The van der Waals surface area contributed by atoms with Crippen molar-refractivity contribution in [3.8, 4) is 5.75 Å².